The summed E-state index contributed by atoms with van der Waals surface area (Å²) in [4.78, 5) is 13.0. The molecule has 0 aliphatic heterocycles. The summed E-state index contributed by atoms with van der Waals surface area (Å²) in [5, 5.41) is 17.3. The molecule has 0 saturated carbocycles. The zero-order chi connectivity index (χ0) is 15.3. The van der Waals surface area contributed by atoms with E-state index in [1.165, 1.54) is 0 Å². The first-order chi connectivity index (χ1) is 9.26. The van der Waals surface area contributed by atoms with Gasteiger partial charge in [0.25, 0.3) is 0 Å². The highest BCUT2D eigenvalue weighted by atomic mass is 16.6. The van der Waals surface area contributed by atoms with Crippen LogP contribution in [0.25, 0.3) is 0 Å². The fourth-order valence-corrected chi connectivity index (χ4v) is 2.33. The third-order valence-corrected chi connectivity index (χ3v) is 2.99. The van der Waals surface area contributed by atoms with Crippen molar-refractivity contribution in [2.75, 3.05) is 44.9 Å². The van der Waals surface area contributed by atoms with Gasteiger partial charge in [0, 0.05) is 20.1 Å². The largest absolute Gasteiger partial charge is 0.382 e. The number of nitrogens with zero attached hydrogens (tertiary/aromatic N) is 2. The lowest BCUT2D eigenvalue weighted by molar-refractivity contribution is -0.383. The van der Waals surface area contributed by atoms with Gasteiger partial charge in [-0.25, -0.2) is 0 Å². The number of nitro benzene ring substituents is 1. The minimum Gasteiger partial charge on any atom is -0.382 e. The summed E-state index contributed by atoms with van der Waals surface area (Å²) in [6, 6.07) is 5.25. The maximum atomic E-state index is 11.2. The maximum absolute atomic E-state index is 11.2. The second-order valence-electron chi connectivity index (χ2n) is 5.96. The van der Waals surface area contributed by atoms with Crippen LogP contribution in [0.2, 0.25) is 0 Å². The molecule has 112 valence electrons. The average Bonchev–Trinajstić information content (AvgIpc) is 2.34. The lowest BCUT2D eigenvalue weighted by Gasteiger charge is -2.28. The number of anilines is 2. The standard InChI is InChI=1S/C14H24N4O2/c1-14(2,10-17(4)5)9-16-12-8-6-7-11(15-3)13(12)18(19)20/h6-8,15-16H,9-10H2,1-5H3. The zero-order valence-corrected chi connectivity index (χ0v) is 12.9. The number of benzene rings is 1. The Hall–Kier alpha value is -1.82. The van der Waals surface area contributed by atoms with Crippen LogP contribution in [0.3, 0.4) is 0 Å². The van der Waals surface area contributed by atoms with Crippen LogP contribution >= 0.6 is 0 Å². The molecule has 0 aliphatic rings. The van der Waals surface area contributed by atoms with Crippen molar-refractivity contribution in [3.05, 3.63) is 28.3 Å². The minimum atomic E-state index is -0.354. The first-order valence-corrected chi connectivity index (χ1v) is 6.60. The number of nitro groups is 1. The van der Waals surface area contributed by atoms with Crippen molar-refractivity contribution in [2.24, 2.45) is 5.41 Å². The molecule has 0 saturated heterocycles. The fourth-order valence-electron chi connectivity index (χ4n) is 2.33. The quantitative estimate of drug-likeness (QED) is 0.593. The first-order valence-electron chi connectivity index (χ1n) is 6.60. The Morgan fingerprint density at radius 3 is 2.40 bits per heavy atom. The summed E-state index contributed by atoms with van der Waals surface area (Å²) in [5.74, 6) is 0. The average molecular weight is 280 g/mol. The van der Waals surface area contributed by atoms with E-state index in [1.807, 2.05) is 14.1 Å². The van der Waals surface area contributed by atoms with E-state index in [2.05, 4.69) is 29.4 Å². The number of para-hydroxylation sites is 1. The highest BCUT2D eigenvalue weighted by molar-refractivity contribution is 5.76. The van der Waals surface area contributed by atoms with E-state index in [1.54, 1.807) is 25.2 Å². The Morgan fingerprint density at radius 2 is 1.90 bits per heavy atom. The Bertz CT molecular complexity index is 472. The summed E-state index contributed by atoms with van der Waals surface area (Å²) >= 11 is 0. The molecule has 0 bridgehead atoms. The predicted octanol–water partition coefficient (Wildman–Crippen LogP) is 2.64. The normalized spacial score (nSPS) is 11.5. The lowest BCUT2D eigenvalue weighted by atomic mass is 9.93. The second-order valence-corrected chi connectivity index (χ2v) is 5.96. The lowest BCUT2D eigenvalue weighted by Crippen LogP contribution is -2.34. The molecule has 0 amide bonds. The van der Waals surface area contributed by atoms with Crippen LogP contribution in [-0.2, 0) is 0 Å². The van der Waals surface area contributed by atoms with Crippen molar-refractivity contribution >= 4 is 17.1 Å². The zero-order valence-electron chi connectivity index (χ0n) is 12.9. The molecular weight excluding hydrogens is 256 g/mol. The van der Waals surface area contributed by atoms with E-state index < -0.39 is 0 Å². The smallest absolute Gasteiger partial charge is 0.315 e. The highest BCUT2D eigenvalue weighted by Gasteiger charge is 2.23. The van der Waals surface area contributed by atoms with Crippen molar-refractivity contribution < 1.29 is 4.92 Å². The van der Waals surface area contributed by atoms with Crippen molar-refractivity contribution in [1.29, 1.82) is 0 Å². The molecule has 1 aromatic carbocycles. The van der Waals surface area contributed by atoms with E-state index >= 15 is 0 Å². The van der Waals surface area contributed by atoms with Gasteiger partial charge in [-0.05, 0) is 31.6 Å². The van der Waals surface area contributed by atoms with Crippen LogP contribution in [-0.4, -0.2) is 44.1 Å². The molecule has 0 unspecified atom stereocenters. The first kappa shape index (κ1) is 16.2. The van der Waals surface area contributed by atoms with Gasteiger partial charge < -0.3 is 15.5 Å². The Balaban J connectivity index is 2.90. The molecule has 0 fully saturated rings. The van der Waals surface area contributed by atoms with E-state index in [0.29, 0.717) is 17.9 Å². The molecule has 0 aliphatic carbocycles. The van der Waals surface area contributed by atoms with E-state index in [-0.39, 0.29) is 16.0 Å². The second kappa shape index (κ2) is 6.56. The summed E-state index contributed by atoms with van der Waals surface area (Å²) in [6.07, 6.45) is 0. The molecule has 0 heterocycles. The van der Waals surface area contributed by atoms with Gasteiger partial charge in [-0.15, -0.1) is 0 Å². The molecule has 0 aromatic heterocycles. The minimum absolute atomic E-state index is 0.0208. The van der Waals surface area contributed by atoms with E-state index in [4.69, 9.17) is 0 Å². The van der Waals surface area contributed by atoms with Gasteiger partial charge in [0.1, 0.15) is 11.4 Å². The molecule has 2 N–H and O–H groups in total. The van der Waals surface area contributed by atoms with Gasteiger partial charge >= 0.3 is 5.69 Å². The maximum Gasteiger partial charge on any atom is 0.315 e. The molecule has 0 spiro atoms. The Labute approximate surface area is 120 Å². The Kier molecular flexibility index (Phi) is 5.33. The van der Waals surface area contributed by atoms with Crippen molar-refractivity contribution in [3.8, 4) is 0 Å². The van der Waals surface area contributed by atoms with Gasteiger partial charge in [-0.1, -0.05) is 19.9 Å². The fraction of sp³-hybridized carbons (Fsp3) is 0.571. The summed E-state index contributed by atoms with van der Waals surface area (Å²) in [5.41, 5.74) is 1.18. The summed E-state index contributed by atoms with van der Waals surface area (Å²) < 4.78 is 0. The molecular formula is C14H24N4O2. The molecule has 0 atom stereocenters. The van der Waals surface area contributed by atoms with E-state index in [9.17, 15) is 10.1 Å². The number of hydrogen-bond donors (Lipinski definition) is 2. The van der Waals surface area contributed by atoms with Crippen LogP contribution < -0.4 is 10.6 Å². The number of nitrogens with one attached hydrogen (secondary N) is 2. The van der Waals surface area contributed by atoms with Crippen LogP contribution in [0.1, 0.15) is 13.8 Å². The molecule has 1 aromatic rings. The van der Waals surface area contributed by atoms with Crippen molar-refractivity contribution in [3.63, 3.8) is 0 Å². The van der Waals surface area contributed by atoms with Crippen LogP contribution in [0.4, 0.5) is 17.1 Å². The van der Waals surface area contributed by atoms with Gasteiger partial charge in [0.2, 0.25) is 0 Å². The molecule has 6 nitrogen and oxygen atoms in total. The van der Waals surface area contributed by atoms with Gasteiger partial charge in [0.05, 0.1) is 4.92 Å². The van der Waals surface area contributed by atoms with Gasteiger partial charge in [-0.3, -0.25) is 10.1 Å². The monoisotopic (exact) mass is 280 g/mol. The van der Waals surface area contributed by atoms with Crippen LogP contribution in [0.15, 0.2) is 18.2 Å². The third-order valence-electron chi connectivity index (χ3n) is 2.99. The Morgan fingerprint density at radius 1 is 1.30 bits per heavy atom. The van der Waals surface area contributed by atoms with Crippen LogP contribution in [0.5, 0.6) is 0 Å². The highest BCUT2D eigenvalue weighted by Crippen LogP contribution is 2.33. The molecule has 0 radical (unpaired) electrons. The molecule has 20 heavy (non-hydrogen) atoms. The van der Waals surface area contributed by atoms with Crippen LogP contribution in [0, 0.1) is 15.5 Å². The number of hydrogen-bond acceptors (Lipinski definition) is 5. The molecule has 1 rings (SSSR count). The third kappa shape index (κ3) is 4.38. The predicted molar refractivity (Wildman–Crippen MR) is 83.5 cm³/mol. The van der Waals surface area contributed by atoms with Gasteiger partial charge in [0.15, 0.2) is 0 Å². The van der Waals surface area contributed by atoms with Crippen molar-refractivity contribution in [2.45, 2.75) is 13.8 Å². The van der Waals surface area contributed by atoms with E-state index in [0.717, 1.165) is 6.54 Å². The summed E-state index contributed by atoms with van der Waals surface area (Å²) in [7, 11) is 5.72. The molecule has 6 heteroatoms. The SMILES string of the molecule is CNc1cccc(NCC(C)(C)CN(C)C)c1[N+](=O)[O-]. The topological polar surface area (TPSA) is 70.4 Å². The summed E-state index contributed by atoms with van der Waals surface area (Å²) in [6.45, 7) is 5.83. The van der Waals surface area contributed by atoms with Gasteiger partial charge in [-0.2, -0.15) is 0 Å². The van der Waals surface area contributed by atoms with Crippen molar-refractivity contribution in [1.82, 2.24) is 4.90 Å². The number of rotatable bonds is 7.